The van der Waals surface area contributed by atoms with Crippen molar-refractivity contribution in [3.05, 3.63) is 40.4 Å². The molecule has 1 saturated carbocycles. The molecule has 2 fully saturated rings. The third kappa shape index (κ3) is 3.33. The van der Waals surface area contributed by atoms with Crippen LogP contribution >= 0.6 is 0 Å². The average molecular weight is 397 g/mol. The first-order valence-electron chi connectivity index (χ1n) is 9.04. The number of aromatic nitrogens is 1. The monoisotopic (exact) mass is 397 g/mol. The number of pyridine rings is 1. The van der Waals surface area contributed by atoms with Gasteiger partial charge in [-0.3, -0.25) is 9.59 Å². The fourth-order valence-electron chi connectivity index (χ4n) is 3.85. The minimum absolute atomic E-state index is 0.163. The number of alkyl halides is 3. The van der Waals surface area contributed by atoms with Crippen LogP contribution in [0.4, 0.5) is 13.2 Å². The zero-order chi connectivity index (χ0) is 20.1. The first-order chi connectivity index (χ1) is 13.3. The Bertz CT molecular complexity index is 860. The molecule has 4 rings (SSSR count). The third-order valence-corrected chi connectivity index (χ3v) is 5.49. The van der Waals surface area contributed by atoms with E-state index in [-0.39, 0.29) is 47.1 Å². The summed E-state index contributed by atoms with van der Waals surface area (Å²) in [6, 6.07) is 1.70. The molecule has 150 valence electrons. The maximum absolute atomic E-state index is 13.1. The van der Waals surface area contributed by atoms with E-state index in [0.29, 0.717) is 38.5 Å². The first-order valence-corrected chi connectivity index (χ1v) is 9.04. The summed E-state index contributed by atoms with van der Waals surface area (Å²) in [6.45, 7) is 0.306. The zero-order valence-electron chi connectivity index (χ0n) is 14.8. The molecule has 1 aliphatic heterocycles. The predicted octanol–water partition coefficient (Wildman–Crippen LogP) is 3.01. The van der Waals surface area contributed by atoms with E-state index < -0.39 is 23.4 Å². The number of hydrogen-bond acceptors (Lipinski definition) is 6. The molecule has 0 amide bonds. The van der Waals surface area contributed by atoms with Crippen LogP contribution in [0.3, 0.4) is 0 Å². The van der Waals surface area contributed by atoms with Crippen molar-refractivity contribution in [2.24, 2.45) is 11.8 Å². The van der Waals surface area contributed by atoms with Gasteiger partial charge in [0, 0.05) is 17.4 Å². The second-order valence-corrected chi connectivity index (χ2v) is 7.32. The molecular formula is C19H18F3NO5. The van der Waals surface area contributed by atoms with Crippen LogP contribution in [0.5, 0.6) is 0 Å². The molecule has 1 saturated heterocycles. The Hall–Kier alpha value is -2.26. The van der Waals surface area contributed by atoms with Crippen molar-refractivity contribution in [3.63, 3.8) is 0 Å². The number of carbonyl (C=O) groups excluding carboxylic acids is 2. The van der Waals surface area contributed by atoms with E-state index in [1.165, 1.54) is 0 Å². The number of rotatable bonds is 5. The lowest BCUT2D eigenvalue weighted by Crippen LogP contribution is -2.36. The number of aliphatic hydroxyl groups is 1. The second kappa shape index (κ2) is 6.97. The van der Waals surface area contributed by atoms with Crippen LogP contribution in [-0.4, -0.2) is 41.0 Å². The number of ether oxygens (including phenoxy) is 2. The van der Waals surface area contributed by atoms with E-state index in [1.807, 2.05) is 0 Å². The van der Waals surface area contributed by atoms with Gasteiger partial charge in [0.15, 0.2) is 5.78 Å². The molecule has 3 aliphatic rings. The number of allylic oxidation sites excluding steroid dienone is 2. The Morgan fingerprint density at radius 2 is 1.96 bits per heavy atom. The number of hydrogen-bond donors (Lipinski definition) is 1. The van der Waals surface area contributed by atoms with Crippen molar-refractivity contribution < 1.29 is 37.3 Å². The number of carbonyl (C=O) groups is 2. The van der Waals surface area contributed by atoms with Crippen molar-refractivity contribution >= 4 is 11.6 Å². The van der Waals surface area contributed by atoms with Gasteiger partial charge < -0.3 is 14.6 Å². The van der Waals surface area contributed by atoms with Crippen LogP contribution in [0.2, 0.25) is 0 Å². The molecular weight excluding hydrogens is 379 g/mol. The molecule has 2 unspecified atom stereocenters. The van der Waals surface area contributed by atoms with E-state index in [0.717, 1.165) is 6.07 Å². The highest BCUT2D eigenvalue weighted by atomic mass is 19.4. The van der Waals surface area contributed by atoms with Gasteiger partial charge in [0.05, 0.1) is 25.5 Å². The standard InChI is InChI=1S/C19H18F3NO5/c20-19(21,22)14-4-3-12(13(23-14)8-28-11-6-27-7-11)18(26)15-16(24)9-1-2-10(5-9)17(15)25/h3-4,9-11,24H,1-2,5-8H2. The number of Topliss-reactive ketones (excluding diaryl/α,β-unsaturated/α-hetero) is 2. The lowest BCUT2D eigenvalue weighted by Gasteiger charge is -2.26. The molecule has 0 radical (unpaired) electrons. The molecule has 6 nitrogen and oxygen atoms in total. The molecule has 1 N–H and O–H groups in total. The van der Waals surface area contributed by atoms with Gasteiger partial charge in [-0.25, -0.2) is 4.98 Å². The summed E-state index contributed by atoms with van der Waals surface area (Å²) < 4.78 is 49.6. The smallest absolute Gasteiger partial charge is 0.433 e. The highest BCUT2D eigenvalue weighted by molar-refractivity contribution is 6.28. The van der Waals surface area contributed by atoms with Crippen molar-refractivity contribution in [2.45, 2.75) is 38.1 Å². The van der Waals surface area contributed by atoms with Crippen molar-refractivity contribution in [1.82, 2.24) is 4.98 Å². The van der Waals surface area contributed by atoms with Crippen LogP contribution in [0, 0.1) is 11.8 Å². The molecule has 2 heterocycles. The van der Waals surface area contributed by atoms with Gasteiger partial charge in [0.25, 0.3) is 0 Å². The van der Waals surface area contributed by atoms with Gasteiger partial charge in [-0.2, -0.15) is 13.2 Å². The maximum Gasteiger partial charge on any atom is 0.433 e. The molecule has 1 aromatic rings. The van der Waals surface area contributed by atoms with E-state index in [4.69, 9.17) is 9.47 Å². The summed E-state index contributed by atoms with van der Waals surface area (Å²) in [4.78, 5) is 29.2. The number of halogens is 3. The summed E-state index contributed by atoms with van der Waals surface area (Å²) in [6.07, 6.45) is -3.25. The van der Waals surface area contributed by atoms with E-state index in [2.05, 4.69) is 4.98 Å². The molecule has 28 heavy (non-hydrogen) atoms. The van der Waals surface area contributed by atoms with Gasteiger partial charge in [0.2, 0.25) is 5.78 Å². The van der Waals surface area contributed by atoms with Gasteiger partial charge in [-0.1, -0.05) is 0 Å². The minimum Gasteiger partial charge on any atom is -0.511 e. The summed E-state index contributed by atoms with van der Waals surface area (Å²) >= 11 is 0. The van der Waals surface area contributed by atoms with Gasteiger partial charge >= 0.3 is 6.18 Å². The summed E-state index contributed by atoms with van der Waals surface area (Å²) in [5, 5.41) is 10.4. The Morgan fingerprint density at radius 3 is 2.61 bits per heavy atom. The van der Waals surface area contributed by atoms with Crippen LogP contribution in [0.25, 0.3) is 0 Å². The Kier molecular flexibility index (Phi) is 4.75. The average Bonchev–Trinajstić information content (AvgIpc) is 3.05. The van der Waals surface area contributed by atoms with E-state index in [1.54, 1.807) is 0 Å². The molecule has 0 aromatic carbocycles. The zero-order valence-corrected chi connectivity index (χ0v) is 14.8. The molecule has 0 spiro atoms. The fraction of sp³-hybridized carbons (Fsp3) is 0.526. The largest absolute Gasteiger partial charge is 0.511 e. The number of nitrogens with zero attached hydrogens (tertiary/aromatic N) is 1. The lowest BCUT2D eigenvalue weighted by molar-refractivity contribution is -0.143. The molecule has 1 aromatic heterocycles. The second-order valence-electron chi connectivity index (χ2n) is 7.32. The van der Waals surface area contributed by atoms with Crippen molar-refractivity contribution in [1.29, 1.82) is 0 Å². The number of aliphatic hydroxyl groups excluding tert-OH is 1. The molecule has 9 heteroatoms. The van der Waals surface area contributed by atoms with Crippen LogP contribution in [-0.2, 0) is 27.1 Å². The highest BCUT2D eigenvalue weighted by Crippen LogP contribution is 2.43. The topological polar surface area (TPSA) is 85.7 Å². The van der Waals surface area contributed by atoms with Crippen LogP contribution in [0.1, 0.15) is 41.0 Å². The normalized spacial score (nSPS) is 25.2. The van der Waals surface area contributed by atoms with Gasteiger partial charge in [0.1, 0.15) is 23.1 Å². The van der Waals surface area contributed by atoms with Crippen molar-refractivity contribution in [3.8, 4) is 0 Å². The Labute approximate surface area is 158 Å². The van der Waals surface area contributed by atoms with Crippen LogP contribution in [0.15, 0.2) is 23.5 Å². The predicted molar refractivity (Wildman–Crippen MR) is 88.5 cm³/mol. The number of fused-ring (bicyclic) bond motifs is 2. The van der Waals surface area contributed by atoms with Gasteiger partial charge in [-0.15, -0.1) is 0 Å². The number of ketones is 2. The van der Waals surface area contributed by atoms with E-state index >= 15 is 0 Å². The summed E-state index contributed by atoms with van der Waals surface area (Å²) in [5.41, 5.74) is -1.85. The Balaban J connectivity index is 1.70. The SMILES string of the molecule is O=C(C1=C(O)C2CCC(C2)C1=O)c1ccc(C(F)(F)F)nc1COC1COC1. The quantitative estimate of drug-likeness (QED) is 0.607. The summed E-state index contributed by atoms with van der Waals surface area (Å²) in [7, 11) is 0. The van der Waals surface area contributed by atoms with Crippen molar-refractivity contribution in [2.75, 3.05) is 13.2 Å². The maximum atomic E-state index is 13.1. The molecule has 2 atom stereocenters. The van der Waals surface area contributed by atoms with E-state index in [9.17, 15) is 27.9 Å². The highest BCUT2D eigenvalue weighted by Gasteiger charge is 2.44. The molecule has 2 bridgehead atoms. The molecule has 2 aliphatic carbocycles. The third-order valence-electron chi connectivity index (χ3n) is 5.49. The van der Waals surface area contributed by atoms with Crippen LogP contribution < -0.4 is 0 Å². The lowest BCUT2D eigenvalue weighted by atomic mass is 9.83. The first kappa shape index (κ1) is 19.1. The van der Waals surface area contributed by atoms with Gasteiger partial charge in [-0.05, 0) is 31.4 Å². The Morgan fingerprint density at radius 1 is 1.25 bits per heavy atom. The summed E-state index contributed by atoms with van der Waals surface area (Å²) in [5.74, 6) is -2.09. The fourth-order valence-corrected chi connectivity index (χ4v) is 3.85. The minimum atomic E-state index is -4.68.